The Balaban J connectivity index is 1.77. The molecule has 0 aliphatic rings. The third-order valence-electron chi connectivity index (χ3n) is 4.42. The summed E-state index contributed by atoms with van der Waals surface area (Å²) in [4.78, 5) is 26.2. The van der Waals surface area contributed by atoms with Gasteiger partial charge >= 0.3 is 0 Å². The molecule has 0 aliphatic heterocycles. The summed E-state index contributed by atoms with van der Waals surface area (Å²) in [7, 11) is 0. The summed E-state index contributed by atoms with van der Waals surface area (Å²) in [5.41, 5.74) is 1.03. The Bertz CT molecular complexity index is 1010. The molecule has 0 spiro atoms. The van der Waals surface area contributed by atoms with Crippen LogP contribution in [-0.2, 0) is 17.8 Å². The van der Waals surface area contributed by atoms with Gasteiger partial charge in [-0.2, -0.15) is 0 Å². The van der Waals surface area contributed by atoms with Gasteiger partial charge in [-0.05, 0) is 42.7 Å². The summed E-state index contributed by atoms with van der Waals surface area (Å²) < 4.78 is 7.99. The molecule has 3 rings (SSSR count). The van der Waals surface area contributed by atoms with Crippen LogP contribution in [0, 0.1) is 10.1 Å². The molecule has 1 N–H and O–H groups in total. The van der Waals surface area contributed by atoms with Gasteiger partial charge in [-0.15, -0.1) is 0 Å². The van der Waals surface area contributed by atoms with E-state index in [-0.39, 0.29) is 23.4 Å². The van der Waals surface area contributed by atoms with Gasteiger partial charge in [0.05, 0.1) is 23.9 Å². The van der Waals surface area contributed by atoms with Gasteiger partial charge in [0.15, 0.2) is 0 Å². The Hall–Kier alpha value is -3.39. The number of amides is 1. The second-order valence-electron chi connectivity index (χ2n) is 6.78. The zero-order valence-electron chi connectivity index (χ0n) is 16.3. The zero-order valence-corrected chi connectivity index (χ0v) is 17.1. The number of imidazole rings is 1. The van der Waals surface area contributed by atoms with E-state index in [2.05, 4.69) is 10.3 Å². The fourth-order valence-corrected chi connectivity index (χ4v) is 3.15. The van der Waals surface area contributed by atoms with E-state index in [0.29, 0.717) is 23.7 Å². The van der Waals surface area contributed by atoms with E-state index in [9.17, 15) is 14.9 Å². The van der Waals surface area contributed by atoms with E-state index < -0.39 is 4.92 Å². The van der Waals surface area contributed by atoms with Crippen molar-refractivity contribution in [3.05, 3.63) is 81.9 Å². The van der Waals surface area contributed by atoms with E-state index in [1.54, 1.807) is 18.6 Å². The number of benzene rings is 2. The lowest BCUT2D eigenvalue weighted by atomic mass is 10.1. The molecule has 30 heavy (non-hydrogen) atoms. The first-order valence-corrected chi connectivity index (χ1v) is 9.71. The molecular weight excluding hydrogens is 408 g/mol. The third kappa shape index (κ3) is 6.05. The zero-order chi connectivity index (χ0) is 21.5. The van der Waals surface area contributed by atoms with Crippen molar-refractivity contribution in [2.75, 3.05) is 5.32 Å². The minimum atomic E-state index is -0.545. The van der Waals surface area contributed by atoms with Gasteiger partial charge < -0.3 is 14.6 Å². The molecule has 156 valence electrons. The highest BCUT2D eigenvalue weighted by Crippen LogP contribution is 2.30. The molecule has 1 aromatic heterocycles. The van der Waals surface area contributed by atoms with Crippen LogP contribution in [0.2, 0.25) is 5.02 Å². The maximum atomic E-state index is 11.4. The van der Waals surface area contributed by atoms with Crippen LogP contribution in [0.25, 0.3) is 0 Å². The first-order valence-electron chi connectivity index (χ1n) is 9.33. The summed E-state index contributed by atoms with van der Waals surface area (Å²) in [6.07, 6.45) is 6.40. The number of hydrogen-bond acceptors (Lipinski definition) is 5. The van der Waals surface area contributed by atoms with E-state index >= 15 is 0 Å². The normalized spacial score (nSPS) is 11.7. The topological polar surface area (TPSA) is 99.3 Å². The standard InChI is InChI=1S/C21H21ClN4O4/c1-15(27)24-20-9-8-18(12-21(20)26(28)29)30-19(13-25-11-10-23-14-25)7-4-16-2-5-17(22)6-3-16/h2-3,5-6,8-12,14,19H,4,7,13H2,1H3,(H,24,27). The summed E-state index contributed by atoms with van der Waals surface area (Å²) in [5, 5.41) is 14.6. The number of nitrogens with zero attached hydrogens (tertiary/aromatic N) is 3. The molecule has 0 aliphatic carbocycles. The average Bonchev–Trinajstić information content (AvgIpc) is 3.21. The Morgan fingerprint density at radius 3 is 2.70 bits per heavy atom. The number of carbonyl (C=O) groups excluding carboxylic acids is 1. The predicted molar refractivity (Wildman–Crippen MR) is 114 cm³/mol. The van der Waals surface area contributed by atoms with Crippen molar-refractivity contribution in [2.45, 2.75) is 32.4 Å². The smallest absolute Gasteiger partial charge is 0.296 e. The summed E-state index contributed by atoms with van der Waals surface area (Å²) >= 11 is 5.94. The molecular formula is C21H21ClN4O4. The molecule has 0 fully saturated rings. The molecule has 3 aromatic rings. The minimum absolute atomic E-state index is 0.132. The Morgan fingerprint density at radius 1 is 1.30 bits per heavy atom. The van der Waals surface area contributed by atoms with Crippen molar-refractivity contribution in [1.82, 2.24) is 9.55 Å². The second-order valence-corrected chi connectivity index (χ2v) is 7.22. The number of rotatable bonds is 9. The molecule has 0 bridgehead atoms. The van der Waals surface area contributed by atoms with Gasteiger partial charge in [0.1, 0.15) is 17.5 Å². The van der Waals surface area contributed by atoms with Crippen LogP contribution < -0.4 is 10.1 Å². The molecule has 9 heteroatoms. The van der Waals surface area contributed by atoms with Gasteiger partial charge in [-0.3, -0.25) is 14.9 Å². The van der Waals surface area contributed by atoms with Gasteiger partial charge in [-0.1, -0.05) is 23.7 Å². The number of nitro groups is 1. The van der Waals surface area contributed by atoms with Crippen LogP contribution in [0.4, 0.5) is 11.4 Å². The third-order valence-corrected chi connectivity index (χ3v) is 4.67. The predicted octanol–water partition coefficient (Wildman–Crippen LogP) is 4.48. The first kappa shape index (κ1) is 21.3. The van der Waals surface area contributed by atoms with Gasteiger partial charge in [-0.25, -0.2) is 4.98 Å². The lowest BCUT2D eigenvalue weighted by Crippen LogP contribution is -2.23. The molecule has 1 atom stereocenters. The van der Waals surface area contributed by atoms with Gasteiger partial charge in [0.25, 0.3) is 5.69 Å². The lowest BCUT2D eigenvalue weighted by molar-refractivity contribution is -0.384. The van der Waals surface area contributed by atoms with Crippen molar-refractivity contribution >= 4 is 28.9 Å². The van der Waals surface area contributed by atoms with Crippen molar-refractivity contribution in [2.24, 2.45) is 0 Å². The van der Waals surface area contributed by atoms with Crippen molar-refractivity contribution in [1.29, 1.82) is 0 Å². The van der Waals surface area contributed by atoms with Gasteiger partial charge in [0, 0.05) is 24.3 Å². The monoisotopic (exact) mass is 428 g/mol. The molecule has 0 saturated carbocycles. The fourth-order valence-electron chi connectivity index (χ4n) is 3.02. The second kappa shape index (κ2) is 9.89. The molecule has 0 radical (unpaired) electrons. The summed E-state index contributed by atoms with van der Waals surface area (Å²) in [6.45, 7) is 1.83. The molecule has 2 aromatic carbocycles. The van der Waals surface area contributed by atoms with E-state index in [0.717, 1.165) is 12.0 Å². The SMILES string of the molecule is CC(=O)Nc1ccc(OC(CCc2ccc(Cl)cc2)Cn2ccnc2)cc1[N+](=O)[O-]. The molecule has 8 nitrogen and oxygen atoms in total. The highest BCUT2D eigenvalue weighted by Gasteiger charge is 2.19. The Kier molecular flexibility index (Phi) is 7.03. The van der Waals surface area contributed by atoms with Crippen LogP contribution >= 0.6 is 11.6 Å². The number of hydrogen-bond donors (Lipinski definition) is 1. The van der Waals surface area contributed by atoms with Crippen LogP contribution in [-0.4, -0.2) is 26.5 Å². The highest BCUT2D eigenvalue weighted by atomic mass is 35.5. The van der Waals surface area contributed by atoms with Crippen LogP contribution in [0.15, 0.2) is 61.2 Å². The lowest BCUT2D eigenvalue weighted by Gasteiger charge is -2.20. The maximum absolute atomic E-state index is 11.4. The maximum Gasteiger partial charge on any atom is 0.296 e. The number of aromatic nitrogens is 2. The molecule has 0 saturated heterocycles. The van der Waals surface area contributed by atoms with E-state index in [1.807, 2.05) is 35.0 Å². The van der Waals surface area contributed by atoms with Crippen molar-refractivity contribution < 1.29 is 14.5 Å². The Labute approximate surface area is 178 Å². The van der Waals surface area contributed by atoms with Crippen LogP contribution in [0.5, 0.6) is 5.75 Å². The molecule has 1 amide bonds. The molecule has 1 unspecified atom stereocenters. The number of nitro benzene ring substituents is 1. The largest absolute Gasteiger partial charge is 0.488 e. The number of nitrogens with one attached hydrogen (secondary N) is 1. The fraction of sp³-hybridized carbons (Fsp3) is 0.238. The Morgan fingerprint density at radius 2 is 2.07 bits per heavy atom. The quantitative estimate of drug-likeness (QED) is 0.400. The molecule has 1 heterocycles. The van der Waals surface area contributed by atoms with Crippen molar-refractivity contribution in [3.63, 3.8) is 0 Å². The first-order chi connectivity index (χ1) is 14.4. The summed E-state index contributed by atoms with van der Waals surface area (Å²) in [5.74, 6) is -0.0234. The number of ether oxygens (including phenoxy) is 1. The minimum Gasteiger partial charge on any atom is -0.488 e. The number of anilines is 1. The van der Waals surface area contributed by atoms with E-state index in [4.69, 9.17) is 16.3 Å². The van der Waals surface area contributed by atoms with Gasteiger partial charge in [0.2, 0.25) is 5.91 Å². The number of halogens is 1. The summed E-state index contributed by atoms with van der Waals surface area (Å²) in [6, 6.07) is 12.0. The number of aryl methyl sites for hydroxylation is 1. The van der Waals surface area contributed by atoms with Crippen molar-refractivity contribution in [3.8, 4) is 5.75 Å². The number of carbonyl (C=O) groups is 1. The highest BCUT2D eigenvalue weighted by molar-refractivity contribution is 6.30. The average molecular weight is 429 g/mol. The van der Waals surface area contributed by atoms with Crippen LogP contribution in [0.3, 0.4) is 0 Å². The van der Waals surface area contributed by atoms with E-state index in [1.165, 1.54) is 19.1 Å². The van der Waals surface area contributed by atoms with Crippen LogP contribution in [0.1, 0.15) is 18.9 Å².